The van der Waals surface area contributed by atoms with E-state index in [1.54, 1.807) is 18.1 Å². The van der Waals surface area contributed by atoms with Crippen LogP contribution in [0.3, 0.4) is 0 Å². The molecular weight excluding hydrogens is 522 g/mol. The Balaban J connectivity index is 1.62. The third-order valence-corrected chi connectivity index (χ3v) is 7.94. The van der Waals surface area contributed by atoms with Crippen molar-refractivity contribution in [3.05, 3.63) is 59.2 Å². The number of imide groups is 1. The first-order chi connectivity index (χ1) is 19.1. The smallest absolute Gasteiger partial charge is 0.414 e. The molecule has 9 heteroatoms. The number of rotatable bonds is 5. The maximum absolute atomic E-state index is 13.2. The van der Waals surface area contributed by atoms with E-state index >= 15 is 0 Å². The minimum Gasteiger partial charge on any atom is -0.497 e. The zero-order valence-corrected chi connectivity index (χ0v) is 25.4. The lowest BCUT2D eigenvalue weighted by atomic mass is 9.80. The lowest BCUT2D eigenvalue weighted by Crippen LogP contribution is -2.48. The Labute approximate surface area is 243 Å². The van der Waals surface area contributed by atoms with Crippen molar-refractivity contribution in [1.82, 2.24) is 9.80 Å². The Hall–Kier alpha value is -3.75. The van der Waals surface area contributed by atoms with Crippen LogP contribution in [0.1, 0.15) is 81.4 Å². The third-order valence-electron chi connectivity index (χ3n) is 7.94. The van der Waals surface area contributed by atoms with Gasteiger partial charge in [-0.15, -0.1) is 0 Å². The predicted molar refractivity (Wildman–Crippen MR) is 158 cm³/mol. The molecule has 0 saturated carbocycles. The number of carboxylic acid groups (broad SMARTS) is 1. The molecule has 1 fully saturated rings. The van der Waals surface area contributed by atoms with Crippen molar-refractivity contribution in [1.29, 1.82) is 0 Å². The number of fused-ring (bicyclic) bond motifs is 1. The number of hydrogen-bond donors (Lipinski definition) is 1. The second kappa shape index (κ2) is 11.3. The van der Waals surface area contributed by atoms with Gasteiger partial charge in [0.1, 0.15) is 11.4 Å². The normalized spacial score (nSPS) is 21.0. The molecule has 2 aromatic carbocycles. The molecule has 2 aromatic rings. The highest BCUT2D eigenvalue weighted by Gasteiger charge is 2.46. The van der Waals surface area contributed by atoms with Crippen LogP contribution in [0.4, 0.5) is 15.3 Å². The average Bonchev–Trinajstić information content (AvgIpc) is 3.20. The highest BCUT2D eigenvalue weighted by Crippen LogP contribution is 2.46. The van der Waals surface area contributed by atoms with Crippen molar-refractivity contribution >= 4 is 23.8 Å². The molecule has 0 bridgehead atoms. The van der Waals surface area contributed by atoms with E-state index in [9.17, 15) is 19.5 Å². The number of benzene rings is 2. The number of carbonyl (C=O) groups is 3. The second-order valence-electron chi connectivity index (χ2n) is 13.2. The van der Waals surface area contributed by atoms with Crippen LogP contribution in [-0.2, 0) is 4.74 Å². The van der Waals surface area contributed by atoms with Gasteiger partial charge in [0.25, 0.3) is 5.91 Å². The Morgan fingerprint density at radius 2 is 1.71 bits per heavy atom. The van der Waals surface area contributed by atoms with E-state index < -0.39 is 29.1 Å². The van der Waals surface area contributed by atoms with Gasteiger partial charge in [-0.25, -0.2) is 14.5 Å². The summed E-state index contributed by atoms with van der Waals surface area (Å²) in [4.78, 5) is 43.1. The molecule has 222 valence electrons. The highest BCUT2D eigenvalue weighted by molar-refractivity contribution is 6.07. The molecule has 4 rings (SSSR count). The second-order valence-corrected chi connectivity index (χ2v) is 13.2. The lowest BCUT2D eigenvalue weighted by Gasteiger charge is -2.41. The minimum absolute atomic E-state index is 0.0801. The molecule has 1 N–H and O–H groups in total. The zero-order valence-electron chi connectivity index (χ0n) is 25.4. The van der Waals surface area contributed by atoms with Crippen molar-refractivity contribution < 1.29 is 29.0 Å². The molecule has 2 aliphatic rings. The predicted octanol–water partition coefficient (Wildman–Crippen LogP) is 6.39. The van der Waals surface area contributed by atoms with E-state index in [-0.39, 0.29) is 17.9 Å². The number of piperidine rings is 1. The van der Waals surface area contributed by atoms with E-state index in [0.29, 0.717) is 25.2 Å². The molecule has 2 aliphatic heterocycles. The zero-order chi connectivity index (χ0) is 30.3. The number of carbonyl (C=O) groups excluding carboxylic acids is 2. The van der Waals surface area contributed by atoms with Crippen LogP contribution >= 0.6 is 0 Å². The topological polar surface area (TPSA) is 99.6 Å². The molecular formula is C32H43N3O6. The molecule has 2 heterocycles. The van der Waals surface area contributed by atoms with E-state index in [1.807, 2.05) is 72.9 Å². The van der Waals surface area contributed by atoms with Crippen LogP contribution in [0.5, 0.6) is 5.75 Å². The lowest BCUT2D eigenvalue weighted by molar-refractivity contribution is 0.0149. The Kier molecular flexibility index (Phi) is 8.30. The van der Waals surface area contributed by atoms with Crippen molar-refractivity contribution in [3.8, 4) is 5.75 Å². The standard InChI is InChI=1S/C32H43N3O6/c1-31(2,3)27-25-14-11-22(17-26(25)28(36)35(27)29(37)38)33(7)18-21-19-34(30(39)41-32(4,5)6)16-15-24(21)20-9-12-23(40-8)13-10-20/h9-14,17,21,24,27H,15-16,18-19H2,1-8H3,(H,37,38)/t21-,24+,27?/m1/s1. The quantitative estimate of drug-likeness (QED) is 0.448. The van der Waals surface area contributed by atoms with Gasteiger partial charge in [-0.05, 0) is 73.9 Å². The monoisotopic (exact) mass is 565 g/mol. The van der Waals surface area contributed by atoms with Crippen molar-refractivity contribution in [2.75, 3.05) is 38.7 Å². The van der Waals surface area contributed by atoms with Crippen LogP contribution in [0.15, 0.2) is 42.5 Å². The van der Waals surface area contributed by atoms with Crippen molar-refractivity contribution in [3.63, 3.8) is 0 Å². The Bertz CT molecular complexity index is 1290. The summed E-state index contributed by atoms with van der Waals surface area (Å²) in [7, 11) is 3.61. The fourth-order valence-corrected chi connectivity index (χ4v) is 6.10. The fraction of sp³-hybridized carbons (Fsp3) is 0.531. The summed E-state index contributed by atoms with van der Waals surface area (Å²) in [5.41, 5.74) is 2.12. The Morgan fingerprint density at radius 1 is 1.05 bits per heavy atom. The maximum atomic E-state index is 13.2. The average molecular weight is 566 g/mol. The third kappa shape index (κ3) is 6.44. The summed E-state index contributed by atoms with van der Waals surface area (Å²) in [5.74, 6) is 0.579. The number of likely N-dealkylation sites (tertiary alicyclic amines) is 1. The van der Waals surface area contributed by atoms with Crippen molar-refractivity contribution in [2.45, 2.75) is 65.5 Å². The Morgan fingerprint density at radius 3 is 2.27 bits per heavy atom. The van der Waals surface area contributed by atoms with Crippen LogP contribution in [0.2, 0.25) is 0 Å². The van der Waals surface area contributed by atoms with Gasteiger partial charge in [0.2, 0.25) is 0 Å². The molecule has 0 aliphatic carbocycles. The van der Waals surface area contributed by atoms with E-state index in [2.05, 4.69) is 17.0 Å². The van der Waals surface area contributed by atoms with E-state index in [4.69, 9.17) is 9.47 Å². The summed E-state index contributed by atoms with van der Waals surface area (Å²) >= 11 is 0. The highest BCUT2D eigenvalue weighted by atomic mass is 16.6. The van der Waals surface area contributed by atoms with Gasteiger partial charge in [-0.2, -0.15) is 0 Å². The summed E-state index contributed by atoms with van der Waals surface area (Å²) in [6.45, 7) is 13.2. The van der Waals surface area contributed by atoms with Gasteiger partial charge in [0.15, 0.2) is 0 Å². The van der Waals surface area contributed by atoms with E-state index in [0.717, 1.165) is 28.3 Å². The molecule has 0 aromatic heterocycles. The number of amides is 3. The summed E-state index contributed by atoms with van der Waals surface area (Å²) in [6.07, 6.45) is -0.774. The molecule has 41 heavy (non-hydrogen) atoms. The van der Waals surface area contributed by atoms with Crippen LogP contribution in [-0.4, -0.2) is 72.4 Å². The minimum atomic E-state index is -1.24. The van der Waals surface area contributed by atoms with Crippen LogP contribution in [0.25, 0.3) is 0 Å². The number of ether oxygens (including phenoxy) is 2. The van der Waals surface area contributed by atoms with E-state index in [1.165, 1.54) is 5.56 Å². The molecule has 1 unspecified atom stereocenters. The summed E-state index contributed by atoms with van der Waals surface area (Å²) < 4.78 is 11.0. The first-order valence-corrected chi connectivity index (χ1v) is 14.1. The first-order valence-electron chi connectivity index (χ1n) is 14.1. The molecule has 9 nitrogen and oxygen atoms in total. The fourth-order valence-electron chi connectivity index (χ4n) is 6.10. The number of nitrogens with zero attached hydrogens (tertiary/aromatic N) is 3. The van der Waals surface area contributed by atoms with Crippen LogP contribution in [0, 0.1) is 11.3 Å². The van der Waals surface area contributed by atoms with Gasteiger partial charge in [-0.3, -0.25) is 4.79 Å². The van der Waals surface area contributed by atoms with Gasteiger partial charge < -0.3 is 24.4 Å². The number of methoxy groups -OCH3 is 1. The number of anilines is 1. The largest absolute Gasteiger partial charge is 0.497 e. The van der Waals surface area contributed by atoms with Crippen LogP contribution < -0.4 is 9.64 Å². The molecule has 3 amide bonds. The van der Waals surface area contributed by atoms with Crippen molar-refractivity contribution in [2.24, 2.45) is 11.3 Å². The van der Waals surface area contributed by atoms with Gasteiger partial charge in [-0.1, -0.05) is 39.0 Å². The number of hydrogen-bond acceptors (Lipinski definition) is 6. The first kappa shape index (κ1) is 30.2. The molecule has 0 spiro atoms. The SMILES string of the molecule is COc1ccc([C@@H]2CCN(C(=O)OC(C)(C)C)C[C@H]2CN(C)c2ccc3c(c2)C(=O)N(C(=O)O)C3C(C)(C)C)cc1. The molecule has 0 radical (unpaired) electrons. The maximum Gasteiger partial charge on any atom is 0.414 e. The summed E-state index contributed by atoms with van der Waals surface area (Å²) in [5, 5.41) is 9.84. The van der Waals surface area contributed by atoms with Gasteiger partial charge in [0.05, 0.1) is 13.2 Å². The molecule has 1 saturated heterocycles. The summed E-state index contributed by atoms with van der Waals surface area (Å²) in [6, 6.07) is 13.2. The molecule has 3 atom stereocenters. The van der Waals surface area contributed by atoms with Gasteiger partial charge >= 0.3 is 12.2 Å². The van der Waals surface area contributed by atoms with Gasteiger partial charge in [0, 0.05) is 43.9 Å².